The molecule has 140 valence electrons. The van der Waals surface area contributed by atoms with Crippen LogP contribution in [0, 0.1) is 0 Å². The molecule has 1 aromatic rings. The average molecular weight is 348 g/mol. The lowest BCUT2D eigenvalue weighted by Crippen LogP contribution is -2.52. The highest BCUT2D eigenvalue weighted by molar-refractivity contribution is 5.79. The highest BCUT2D eigenvalue weighted by Gasteiger charge is 2.20. The summed E-state index contributed by atoms with van der Waals surface area (Å²) in [4.78, 5) is 11.8. The van der Waals surface area contributed by atoms with E-state index in [1.807, 2.05) is 13.1 Å². The summed E-state index contributed by atoms with van der Waals surface area (Å²) in [5.74, 6) is 1.04. The Morgan fingerprint density at radius 2 is 1.92 bits per heavy atom. The minimum atomic E-state index is 0.868. The molecule has 25 heavy (non-hydrogen) atoms. The van der Waals surface area contributed by atoms with E-state index in [9.17, 15) is 0 Å². The van der Waals surface area contributed by atoms with Crippen LogP contribution in [0.3, 0.4) is 0 Å². The third-order valence-electron chi connectivity index (χ3n) is 5.14. The molecule has 3 rings (SSSR count). The molecule has 7 heteroatoms. The first kappa shape index (κ1) is 18.2. The summed E-state index contributed by atoms with van der Waals surface area (Å²) in [6.07, 6.45) is 6.89. The van der Waals surface area contributed by atoms with Crippen LogP contribution >= 0.6 is 0 Å². The van der Waals surface area contributed by atoms with Gasteiger partial charge in [-0.3, -0.25) is 9.89 Å². The second-order valence-electron chi connectivity index (χ2n) is 6.98. The van der Waals surface area contributed by atoms with E-state index in [-0.39, 0.29) is 0 Å². The number of aromatic nitrogens is 1. The van der Waals surface area contributed by atoms with Crippen molar-refractivity contribution in [3.05, 3.63) is 18.0 Å². The predicted molar refractivity (Wildman–Crippen MR) is 99.6 cm³/mol. The molecule has 0 spiro atoms. The van der Waals surface area contributed by atoms with Crippen LogP contribution in [-0.4, -0.2) is 85.2 Å². The van der Waals surface area contributed by atoms with Gasteiger partial charge in [0.2, 0.25) is 0 Å². The van der Waals surface area contributed by atoms with Crippen molar-refractivity contribution in [2.75, 3.05) is 59.4 Å². The van der Waals surface area contributed by atoms with Crippen molar-refractivity contribution >= 4 is 5.96 Å². The predicted octanol–water partition coefficient (Wildman–Crippen LogP) is 1.24. The first-order valence-electron chi connectivity index (χ1n) is 9.65. The number of guanidine groups is 1. The largest absolute Gasteiger partial charge is 0.364 e. The van der Waals surface area contributed by atoms with Gasteiger partial charge >= 0.3 is 0 Å². The summed E-state index contributed by atoms with van der Waals surface area (Å²) in [6.45, 7) is 9.80. The SMILES string of the molecule is CN=C(NCCCCN1CCCC1)N1CCN(Cc2ccon2)CC1. The molecule has 1 aromatic heterocycles. The van der Waals surface area contributed by atoms with Crippen LogP contribution in [0.25, 0.3) is 0 Å². The lowest BCUT2D eigenvalue weighted by molar-refractivity contribution is 0.169. The molecule has 0 unspecified atom stereocenters. The van der Waals surface area contributed by atoms with Crippen LogP contribution in [0.1, 0.15) is 31.4 Å². The van der Waals surface area contributed by atoms with E-state index in [0.717, 1.165) is 50.9 Å². The fourth-order valence-corrected chi connectivity index (χ4v) is 3.67. The van der Waals surface area contributed by atoms with Gasteiger partial charge in [0.15, 0.2) is 5.96 Å². The van der Waals surface area contributed by atoms with Gasteiger partial charge in [-0.05, 0) is 45.3 Å². The van der Waals surface area contributed by atoms with Crippen LogP contribution in [-0.2, 0) is 6.54 Å². The van der Waals surface area contributed by atoms with Crippen molar-refractivity contribution in [1.82, 2.24) is 25.2 Å². The Hall–Kier alpha value is -1.60. The number of piperazine rings is 1. The molecule has 3 heterocycles. The van der Waals surface area contributed by atoms with E-state index in [1.54, 1.807) is 6.26 Å². The van der Waals surface area contributed by atoms with E-state index >= 15 is 0 Å². The van der Waals surface area contributed by atoms with Crippen LogP contribution < -0.4 is 5.32 Å². The van der Waals surface area contributed by atoms with E-state index in [0.29, 0.717) is 0 Å². The molecule has 0 amide bonds. The van der Waals surface area contributed by atoms with Crippen molar-refractivity contribution in [2.45, 2.75) is 32.2 Å². The van der Waals surface area contributed by atoms with E-state index in [1.165, 1.54) is 45.3 Å². The van der Waals surface area contributed by atoms with Gasteiger partial charge in [0.25, 0.3) is 0 Å². The van der Waals surface area contributed by atoms with Gasteiger partial charge in [-0.1, -0.05) is 5.16 Å². The summed E-state index contributed by atoms with van der Waals surface area (Å²) in [6, 6.07) is 1.94. The Morgan fingerprint density at radius 3 is 2.60 bits per heavy atom. The first-order valence-corrected chi connectivity index (χ1v) is 9.65. The molecular formula is C18H32N6O. The number of nitrogens with zero attached hydrogens (tertiary/aromatic N) is 5. The third kappa shape index (κ3) is 5.71. The Morgan fingerprint density at radius 1 is 1.12 bits per heavy atom. The second-order valence-corrected chi connectivity index (χ2v) is 6.98. The Bertz CT molecular complexity index is 504. The maximum Gasteiger partial charge on any atom is 0.193 e. The summed E-state index contributed by atoms with van der Waals surface area (Å²) >= 11 is 0. The van der Waals surface area contributed by atoms with Crippen LogP contribution in [0.2, 0.25) is 0 Å². The molecule has 2 fully saturated rings. The molecule has 0 aromatic carbocycles. The lowest BCUT2D eigenvalue weighted by Gasteiger charge is -2.36. The highest BCUT2D eigenvalue weighted by atomic mass is 16.5. The maximum absolute atomic E-state index is 4.91. The number of hydrogen-bond acceptors (Lipinski definition) is 5. The van der Waals surface area contributed by atoms with Gasteiger partial charge in [0.1, 0.15) is 6.26 Å². The van der Waals surface area contributed by atoms with Crippen LogP contribution in [0.15, 0.2) is 21.8 Å². The maximum atomic E-state index is 4.91. The van der Waals surface area contributed by atoms with Gasteiger partial charge in [-0.2, -0.15) is 0 Å². The molecule has 0 radical (unpaired) electrons. The van der Waals surface area contributed by atoms with Gasteiger partial charge in [-0.15, -0.1) is 0 Å². The number of rotatable bonds is 7. The molecule has 1 N–H and O–H groups in total. The number of unbranched alkanes of at least 4 members (excludes halogenated alkanes) is 1. The summed E-state index contributed by atoms with van der Waals surface area (Å²) < 4.78 is 4.91. The number of nitrogens with one attached hydrogen (secondary N) is 1. The monoisotopic (exact) mass is 348 g/mol. The normalized spacial score (nSPS) is 20.4. The van der Waals surface area contributed by atoms with Gasteiger partial charge in [-0.25, -0.2) is 0 Å². The molecule has 0 saturated carbocycles. The minimum Gasteiger partial charge on any atom is -0.364 e. The minimum absolute atomic E-state index is 0.868. The summed E-state index contributed by atoms with van der Waals surface area (Å²) in [5, 5.41) is 7.53. The number of likely N-dealkylation sites (tertiary alicyclic amines) is 1. The van der Waals surface area contributed by atoms with E-state index in [2.05, 4.69) is 30.2 Å². The second kappa shape index (κ2) is 9.77. The van der Waals surface area contributed by atoms with Crippen molar-refractivity contribution < 1.29 is 4.52 Å². The molecule has 7 nitrogen and oxygen atoms in total. The van der Waals surface area contributed by atoms with Gasteiger partial charge in [0, 0.05) is 52.4 Å². The number of hydrogen-bond donors (Lipinski definition) is 1. The molecule has 0 bridgehead atoms. The van der Waals surface area contributed by atoms with Crippen LogP contribution in [0.5, 0.6) is 0 Å². The Labute approximate surface area is 151 Å². The summed E-state index contributed by atoms with van der Waals surface area (Å²) in [5.41, 5.74) is 1.01. The summed E-state index contributed by atoms with van der Waals surface area (Å²) in [7, 11) is 1.88. The molecule has 0 atom stereocenters. The molecular weight excluding hydrogens is 316 g/mol. The quantitative estimate of drug-likeness (QED) is 0.455. The van der Waals surface area contributed by atoms with E-state index in [4.69, 9.17) is 4.52 Å². The van der Waals surface area contributed by atoms with Crippen LogP contribution in [0.4, 0.5) is 0 Å². The fraction of sp³-hybridized carbons (Fsp3) is 0.778. The Balaban J connectivity index is 1.30. The van der Waals surface area contributed by atoms with Gasteiger partial charge < -0.3 is 19.6 Å². The van der Waals surface area contributed by atoms with Crippen molar-refractivity contribution in [2.24, 2.45) is 4.99 Å². The fourth-order valence-electron chi connectivity index (χ4n) is 3.67. The smallest absolute Gasteiger partial charge is 0.193 e. The molecule has 2 aliphatic rings. The van der Waals surface area contributed by atoms with E-state index < -0.39 is 0 Å². The zero-order chi connectivity index (χ0) is 17.3. The highest BCUT2D eigenvalue weighted by Crippen LogP contribution is 2.09. The molecule has 0 aliphatic carbocycles. The van der Waals surface area contributed by atoms with Crippen molar-refractivity contribution in [3.63, 3.8) is 0 Å². The molecule has 2 saturated heterocycles. The molecule has 2 aliphatic heterocycles. The average Bonchev–Trinajstić information content (AvgIpc) is 3.33. The first-order chi connectivity index (χ1) is 12.3. The van der Waals surface area contributed by atoms with Gasteiger partial charge in [0.05, 0.1) is 5.69 Å². The Kier molecular flexibility index (Phi) is 7.11. The van der Waals surface area contributed by atoms with Crippen molar-refractivity contribution in [3.8, 4) is 0 Å². The topological polar surface area (TPSA) is 60.1 Å². The van der Waals surface area contributed by atoms with Crippen molar-refractivity contribution in [1.29, 1.82) is 0 Å². The standard InChI is InChI=1S/C18H32N6O/c1-19-18(20-7-2-3-8-22-9-4-5-10-22)24-13-11-23(12-14-24)16-17-6-15-25-21-17/h6,15H,2-5,7-14,16H2,1H3,(H,19,20). The lowest BCUT2D eigenvalue weighted by atomic mass is 10.3. The zero-order valence-electron chi connectivity index (χ0n) is 15.5. The third-order valence-corrected chi connectivity index (χ3v) is 5.14. The zero-order valence-corrected chi connectivity index (χ0v) is 15.5. The number of aliphatic imine (C=N–C) groups is 1.